The minimum absolute atomic E-state index is 0.00671. The highest BCUT2D eigenvalue weighted by atomic mass is 32.2. The van der Waals surface area contributed by atoms with E-state index in [1.165, 1.54) is 0 Å². The zero-order chi connectivity index (χ0) is 30.1. The first kappa shape index (κ1) is 31.5. The normalized spacial score (nSPS) is 19.9. The number of aromatic nitrogens is 2. The Morgan fingerprint density at radius 1 is 1.15 bits per heavy atom. The number of hydrogen-bond acceptors (Lipinski definition) is 10. The van der Waals surface area contributed by atoms with E-state index in [2.05, 4.69) is 30.3 Å². The summed E-state index contributed by atoms with van der Waals surface area (Å²) >= 11 is 0. The molecule has 224 valence electrons. The van der Waals surface area contributed by atoms with Crippen LogP contribution in [-0.4, -0.2) is 90.2 Å². The Morgan fingerprint density at radius 3 is 2.27 bits per heavy atom. The largest absolute Gasteiger partial charge is 0.430 e. The standard InChI is InChI=1S/C21H28F6N8O4S/c1-18(2)16(36)29-5-6-35(18)11-13(9-33-40(38,39)14-3-4-15(28)30-10-14)34-17-31-7-12(8-32-17)19(37,20(22,23)24)21(25,26)27/h7-8,10,13,33,37H,3-6,9,11H2,1-2H3,(H2,28,30)(H,29,36)(H,31,32,34). The molecule has 0 saturated carbocycles. The molecule has 3 rings (SSSR count). The number of rotatable bonds is 9. The second kappa shape index (κ2) is 11.1. The fourth-order valence-corrected chi connectivity index (χ4v) is 5.16. The van der Waals surface area contributed by atoms with Gasteiger partial charge in [-0.1, -0.05) is 0 Å². The number of piperazine rings is 1. The first-order valence-electron chi connectivity index (χ1n) is 11.8. The molecule has 0 spiro atoms. The summed E-state index contributed by atoms with van der Waals surface area (Å²) < 4.78 is 107. The van der Waals surface area contributed by atoms with Gasteiger partial charge in [-0.15, -0.1) is 0 Å². The molecule has 1 aromatic heterocycles. The topological polar surface area (TPSA) is 175 Å². The van der Waals surface area contributed by atoms with Gasteiger partial charge in [0.2, 0.25) is 21.9 Å². The van der Waals surface area contributed by atoms with E-state index in [0.717, 1.165) is 6.20 Å². The first-order chi connectivity index (χ1) is 18.3. The lowest BCUT2D eigenvalue weighted by molar-refractivity contribution is -0.376. The molecule has 0 radical (unpaired) electrons. The molecule has 0 aliphatic carbocycles. The molecule has 1 atom stereocenters. The van der Waals surface area contributed by atoms with Gasteiger partial charge in [0.25, 0.3) is 5.60 Å². The van der Waals surface area contributed by atoms with Crippen molar-refractivity contribution in [1.82, 2.24) is 24.9 Å². The van der Waals surface area contributed by atoms with Gasteiger partial charge in [0.05, 0.1) is 22.3 Å². The van der Waals surface area contributed by atoms with Gasteiger partial charge in [-0.05, 0) is 20.3 Å². The van der Waals surface area contributed by atoms with Crippen LogP contribution in [0.2, 0.25) is 0 Å². The van der Waals surface area contributed by atoms with E-state index >= 15 is 0 Å². The number of nitrogens with zero attached hydrogens (tertiary/aromatic N) is 4. The van der Waals surface area contributed by atoms with E-state index in [-0.39, 0.29) is 61.5 Å². The Hall–Kier alpha value is -3.03. The Balaban J connectivity index is 1.86. The highest BCUT2D eigenvalue weighted by Gasteiger charge is 2.71. The number of aliphatic imine (C=N–C) groups is 1. The molecule has 1 fully saturated rings. The number of amidine groups is 1. The number of hydrogen-bond donors (Lipinski definition) is 5. The lowest BCUT2D eigenvalue weighted by atomic mass is 9.95. The molecular weight excluding hydrogens is 574 g/mol. The number of allylic oxidation sites excluding steroid dienone is 1. The summed E-state index contributed by atoms with van der Waals surface area (Å²) in [6, 6.07) is -0.923. The summed E-state index contributed by atoms with van der Waals surface area (Å²) in [6.07, 6.45) is -10.5. The number of anilines is 1. The van der Waals surface area contributed by atoms with Crippen molar-refractivity contribution in [3.8, 4) is 0 Å². The van der Waals surface area contributed by atoms with Gasteiger partial charge in [0, 0.05) is 56.8 Å². The van der Waals surface area contributed by atoms with Crippen molar-refractivity contribution in [3.05, 3.63) is 29.1 Å². The maximum atomic E-state index is 13.2. The molecule has 1 amide bonds. The van der Waals surface area contributed by atoms with Crippen LogP contribution in [0.5, 0.6) is 0 Å². The second-order valence-electron chi connectivity index (χ2n) is 9.67. The second-order valence-corrected chi connectivity index (χ2v) is 11.5. The third-order valence-corrected chi connectivity index (χ3v) is 8.09. The number of nitrogens with one attached hydrogen (secondary N) is 3. The average Bonchev–Trinajstić information content (AvgIpc) is 2.84. The van der Waals surface area contributed by atoms with Crippen LogP contribution in [0.3, 0.4) is 0 Å². The first-order valence-corrected chi connectivity index (χ1v) is 13.3. The maximum absolute atomic E-state index is 13.2. The van der Waals surface area contributed by atoms with E-state index < -0.39 is 51.1 Å². The number of halogens is 6. The zero-order valence-corrected chi connectivity index (χ0v) is 22.1. The predicted octanol–water partition coefficient (Wildman–Crippen LogP) is 0.692. The van der Waals surface area contributed by atoms with Crippen molar-refractivity contribution in [2.45, 2.75) is 56.2 Å². The van der Waals surface area contributed by atoms with E-state index in [4.69, 9.17) is 5.73 Å². The van der Waals surface area contributed by atoms with Crippen molar-refractivity contribution in [1.29, 1.82) is 0 Å². The summed E-state index contributed by atoms with van der Waals surface area (Å²) in [5.41, 5.74) is -2.34. The number of aliphatic hydroxyl groups is 1. The summed E-state index contributed by atoms with van der Waals surface area (Å²) in [7, 11) is -4.05. The van der Waals surface area contributed by atoms with Crippen molar-refractivity contribution in [2.75, 3.05) is 31.5 Å². The minimum Gasteiger partial charge on any atom is -0.387 e. The number of carbonyl (C=O) groups is 1. The molecular formula is C21H28F6N8O4S. The van der Waals surface area contributed by atoms with Crippen LogP contribution in [-0.2, 0) is 20.4 Å². The van der Waals surface area contributed by atoms with Gasteiger partial charge in [0.1, 0.15) is 0 Å². The van der Waals surface area contributed by atoms with Crippen molar-refractivity contribution >= 4 is 27.7 Å². The van der Waals surface area contributed by atoms with E-state index in [1.807, 2.05) is 0 Å². The van der Waals surface area contributed by atoms with Crippen LogP contribution in [0.4, 0.5) is 32.3 Å². The molecule has 1 unspecified atom stereocenters. The lowest BCUT2D eigenvalue weighted by Crippen LogP contribution is -2.64. The van der Waals surface area contributed by atoms with Crippen LogP contribution in [0, 0.1) is 0 Å². The lowest BCUT2D eigenvalue weighted by Gasteiger charge is -2.42. The summed E-state index contributed by atoms with van der Waals surface area (Å²) in [5, 5.41) is 14.9. The Kier molecular flexibility index (Phi) is 8.74. The average molecular weight is 603 g/mol. The molecule has 40 heavy (non-hydrogen) atoms. The molecule has 6 N–H and O–H groups in total. The molecule has 12 nitrogen and oxygen atoms in total. The highest BCUT2D eigenvalue weighted by molar-refractivity contribution is 7.93. The monoisotopic (exact) mass is 602 g/mol. The number of carbonyl (C=O) groups excluding carboxylic acids is 1. The molecule has 1 saturated heterocycles. The highest BCUT2D eigenvalue weighted by Crippen LogP contribution is 2.49. The van der Waals surface area contributed by atoms with Gasteiger partial charge in [0.15, 0.2) is 0 Å². The van der Waals surface area contributed by atoms with Gasteiger partial charge in [-0.25, -0.2) is 28.1 Å². The Bertz CT molecular complexity index is 1250. The van der Waals surface area contributed by atoms with E-state index in [1.54, 1.807) is 18.7 Å². The quantitative estimate of drug-likeness (QED) is 0.255. The number of sulfonamides is 1. The number of alkyl halides is 6. The summed E-state index contributed by atoms with van der Waals surface area (Å²) in [5.74, 6) is -0.499. The Morgan fingerprint density at radius 2 is 1.75 bits per heavy atom. The van der Waals surface area contributed by atoms with Crippen LogP contribution < -0.4 is 21.1 Å². The molecule has 2 aliphatic rings. The SMILES string of the molecule is CC1(C)C(=O)NCCN1CC(CNS(=O)(=O)C1=CN=C(N)CC1)Nc1ncc(C(O)(C(F)(F)F)C(F)(F)F)cn1. The van der Waals surface area contributed by atoms with Gasteiger partial charge >= 0.3 is 12.4 Å². The third kappa shape index (κ3) is 6.47. The van der Waals surface area contributed by atoms with Crippen LogP contribution in [0.15, 0.2) is 28.5 Å². The molecule has 1 aromatic rings. The van der Waals surface area contributed by atoms with Crippen LogP contribution >= 0.6 is 0 Å². The van der Waals surface area contributed by atoms with E-state index in [9.17, 15) is 44.7 Å². The fraction of sp³-hybridized carbons (Fsp3) is 0.619. The van der Waals surface area contributed by atoms with Crippen LogP contribution in [0.1, 0.15) is 32.3 Å². The zero-order valence-electron chi connectivity index (χ0n) is 21.3. The van der Waals surface area contributed by atoms with Crippen molar-refractivity contribution in [2.24, 2.45) is 10.7 Å². The van der Waals surface area contributed by atoms with Gasteiger partial charge < -0.3 is 21.5 Å². The third-order valence-electron chi connectivity index (χ3n) is 6.54. The molecule has 2 aliphatic heterocycles. The smallest absolute Gasteiger partial charge is 0.387 e. The van der Waals surface area contributed by atoms with Crippen LogP contribution in [0.25, 0.3) is 0 Å². The predicted molar refractivity (Wildman–Crippen MR) is 130 cm³/mol. The van der Waals surface area contributed by atoms with Crippen molar-refractivity contribution < 1.29 is 44.7 Å². The number of nitrogens with two attached hydrogens (primary N) is 1. The molecule has 0 aromatic carbocycles. The molecule has 19 heteroatoms. The maximum Gasteiger partial charge on any atom is 0.430 e. The van der Waals surface area contributed by atoms with Gasteiger partial charge in [-0.2, -0.15) is 26.3 Å². The summed E-state index contributed by atoms with van der Waals surface area (Å²) in [6.45, 7) is 3.54. The van der Waals surface area contributed by atoms with E-state index in [0.29, 0.717) is 6.54 Å². The van der Waals surface area contributed by atoms with Crippen molar-refractivity contribution in [3.63, 3.8) is 0 Å². The molecule has 0 bridgehead atoms. The van der Waals surface area contributed by atoms with Gasteiger partial charge in [-0.3, -0.25) is 9.69 Å². The minimum atomic E-state index is -6.12. The summed E-state index contributed by atoms with van der Waals surface area (Å²) in [4.78, 5) is 24.8. The fourth-order valence-electron chi connectivity index (χ4n) is 3.99. The molecule has 3 heterocycles. The Labute approximate surface area is 225 Å². The number of amides is 1.